The van der Waals surface area contributed by atoms with Crippen molar-refractivity contribution in [1.29, 1.82) is 0 Å². The number of nitrogens with zero attached hydrogens (tertiary/aromatic N) is 2. The van der Waals surface area contributed by atoms with Gasteiger partial charge < -0.3 is 4.74 Å². The van der Waals surface area contributed by atoms with Gasteiger partial charge in [-0.1, -0.05) is 41.6 Å². The molecule has 5 nitrogen and oxygen atoms in total. The molecule has 0 N–H and O–H groups in total. The van der Waals surface area contributed by atoms with Crippen LogP contribution in [0.3, 0.4) is 0 Å². The van der Waals surface area contributed by atoms with Crippen molar-refractivity contribution >= 4 is 34.9 Å². The van der Waals surface area contributed by atoms with Gasteiger partial charge in [0.2, 0.25) is 0 Å². The van der Waals surface area contributed by atoms with E-state index < -0.39 is 0 Å². The molecular formula is C16H18N2O3S. The molecule has 2 rings (SSSR count). The second-order valence-corrected chi connectivity index (χ2v) is 5.74. The number of aryl methyl sites for hydroxylation is 1. The molecule has 0 unspecified atom stereocenters. The Hall–Kier alpha value is -2.08. The minimum Gasteiger partial charge on any atom is -0.465 e. The van der Waals surface area contributed by atoms with Gasteiger partial charge in [0, 0.05) is 7.05 Å². The maximum absolute atomic E-state index is 12.2. The molecule has 6 heteroatoms. The predicted octanol–water partition coefficient (Wildman–Crippen LogP) is 2.46. The van der Waals surface area contributed by atoms with Crippen LogP contribution in [0.5, 0.6) is 0 Å². The van der Waals surface area contributed by atoms with E-state index in [2.05, 4.69) is 4.99 Å². The molecule has 0 aliphatic carbocycles. The Morgan fingerprint density at radius 1 is 1.36 bits per heavy atom. The van der Waals surface area contributed by atoms with Crippen LogP contribution in [-0.4, -0.2) is 41.4 Å². The van der Waals surface area contributed by atoms with Crippen LogP contribution in [0.2, 0.25) is 0 Å². The molecule has 0 radical (unpaired) electrons. The number of hydrogen-bond donors (Lipinski definition) is 0. The van der Waals surface area contributed by atoms with Gasteiger partial charge in [-0.3, -0.25) is 14.5 Å². The fraction of sp³-hybridized carbons (Fsp3) is 0.312. The number of amidine groups is 1. The van der Waals surface area contributed by atoms with Gasteiger partial charge >= 0.3 is 5.97 Å². The molecule has 1 aliphatic rings. The highest BCUT2D eigenvalue weighted by molar-refractivity contribution is 8.14. The Morgan fingerprint density at radius 3 is 2.68 bits per heavy atom. The van der Waals surface area contributed by atoms with Gasteiger partial charge in [-0.15, -0.1) is 0 Å². The summed E-state index contributed by atoms with van der Waals surface area (Å²) in [6.07, 6.45) is 1.75. The maximum atomic E-state index is 12.2. The van der Waals surface area contributed by atoms with Crippen LogP contribution in [-0.2, 0) is 14.3 Å². The van der Waals surface area contributed by atoms with Crippen molar-refractivity contribution in [1.82, 2.24) is 4.90 Å². The van der Waals surface area contributed by atoms with E-state index in [0.29, 0.717) is 17.5 Å². The van der Waals surface area contributed by atoms with Gasteiger partial charge in [0.15, 0.2) is 5.17 Å². The van der Waals surface area contributed by atoms with E-state index >= 15 is 0 Å². The third kappa shape index (κ3) is 3.98. The zero-order chi connectivity index (χ0) is 16.1. The van der Waals surface area contributed by atoms with Crippen molar-refractivity contribution in [2.75, 3.05) is 19.4 Å². The second kappa shape index (κ2) is 7.26. The first-order valence-corrected chi connectivity index (χ1v) is 7.93. The van der Waals surface area contributed by atoms with Crippen molar-refractivity contribution in [3.05, 3.63) is 41.1 Å². The van der Waals surface area contributed by atoms with Crippen LogP contribution in [0, 0.1) is 6.92 Å². The van der Waals surface area contributed by atoms with E-state index in [1.807, 2.05) is 31.2 Å². The van der Waals surface area contributed by atoms with Crippen LogP contribution in [0.15, 0.2) is 35.0 Å². The van der Waals surface area contributed by atoms with Gasteiger partial charge in [-0.2, -0.15) is 0 Å². The molecular weight excluding hydrogens is 300 g/mol. The smallest absolute Gasteiger partial charge is 0.316 e. The lowest BCUT2D eigenvalue weighted by atomic mass is 10.1. The first-order valence-electron chi connectivity index (χ1n) is 6.94. The van der Waals surface area contributed by atoms with Crippen LogP contribution < -0.4 is 0 Å². The third-order valence-corrected chi connectivity index (χ3v) is 4.04. The molecule has 1 amide bonds. The van der Waals surface area contributed by atoms with Crippen LogP contribution in [0.4, 0.5) is 0 Å². The SMILES string of the molecule is CCOC(=O)CSC1=NC(=Cc2ccc(C)cc2)C(=O)N1C. The van der Waals surface area contributed by atoms with Crippen molar-refractivity contribution < 1.29 is 14.3 Å². The zero-order valence-electron chi connectivity index (χ0n) is 12.8. The second-order valence-electron chi connectivity index (χ2n) is 4.79. The highest BCUT2D eigenvalue weighted by atomic mass is 32.2. The quantitative estimate of drug-likeness (QED) is 0.632. The Balaban J connectivity index is 2.11. The lowest BCUT2D eigenvalue weighted by Gasteiger charge is -2.10. The average molecular weight is 318 g/mol. The molecule has 22 heavy (non-hydrogen) atoms. The molecule has 1 heterocycles. The van der Waals surface area contributed by atoms with Crippen LogP contribution in [0.1, 0.15) is 18.1 Å². The Morgan fingerprint density at radius 2 is 2.05 bits per heavy atom. The van der Waals surface area contributed by atoms with Crippen LogP contribution >= 0.6 is 11.8 Å². The number of amides is 1. The van der Waals surface area contributed by atoms with E-state index in [9.17, 15) is 9.59 Å². The summed E-state index contributed by atoms with van der Waals surface area (Å²) in [5, 5.41) is 0.511. The molecule has 0 atom stereocenters. The summed E-state index contributed by atoms with van der Waals surface area (Å²) >= 11 is 1.20. The molecule has 1 aromatic carbocycles. The number of thioether (sulfide) groups is 1. The number of esters is 1. The molecule has 0 bridgehead atoms. The number of carbonyl (C=O) groups excluding carboxylic acids is 2. The number of hydrogen-bond acceptors (Lipinski definition) is 5. The van der Waals surface area contributed by atoms with E-state index in [-0.39, 0.29) is 17.6 Å². The summed E-state index contributed by atoms with van der Waals surface area (Å²) in [5.41, 5.74) is 2.45. The molecule has 0 saturated carbocycles. The van der Waals surface area contributed by atoms with Crippen molar-refractivity contribution in [2.45, 2.75) is 13.8 Å². The Bertz CT molecular complexity index is 635. The molecule has 0 spiro atoms. The normalized spacial score (nSPS) is 16.1. The average Bonchev–Trinajstić information content (AvgIpc) is 2.76. The standard InChI is InChI=1S/C16H18N2O3S/c1-4-21-14(19)10-22-16-17-13(15(20)18(16)3)9-12-7-5-11(2)6-8-12/h5-9H,4,10H2,1-3H3. The minimum atomic E-state index is -0.313. The topological polar surface area (TPSA) is 59.0 Å². The number of aliphatic imine (C=N–C) groups is 1. The van der Waals surface area contributed by atoms with Gasteiger partial charge in [0.05, 0.1) is 12.4 Å². The summed E-state index contributed by atoms with van der Waals surface area (Å²) < 4.78 is 4.86. The van der Waals surface area contributed by atoms with Gasteiger partial charge in [-0.25, -0.2) is 4.99 Å². The van der Waals surface area contributed by atoms with Gasteiger partial charge in [0.25, 0.3) is 5.91 Å². The minimum absolute atomic E-state index is 0.141. The monoisotopic (exact) mass is 318 g/mol. The van der Waals surface area contributed by atoms with Gasteiger partial charge in [0.1, 0.15) is 5.70 Å². The summed E-state index contributed by atoms with van der Waals surface area (Å²) in [4.78, 5) is 29.3. The molecule has 0 aromatic heterocycles. The Labute approximate surface area is 134 Å². The van der Waals surface area contributed by atoms with Gasteiger partial charge in [-0.05, 0) is 25.5 Å². The number of carbonyl (C=O) groups is 2. The number of rotatable bonds is 4. The van der Waals surface area contributed by atoms with E-state index in [0.717, 1.165) is 11.1 Å². The fourth-order valence-corrected chi connectivity index (χ4v) is 2.62. The van der Waals surface area contributed by atoms with Crippen molar-refractivity contribution in [3.63, 3.8) is 0 Å². The lowest BCUT2D eigenvalue weighted by Crippen LogP contribution is -2.26. The first kappa shape index (κ1) is 16.3. The number of likely N-dealkylation sites (N-methyl/N-ethyl adjacent to an activating group) is 1. The predicted molar refractivity (Wildman–Crippen MR) is 88.5 cm³/mol. The largest absolute Gasteiger partial charge is 0.465 e. The summed E-state index contributed by atoms with van der Waals surface area (Å²) in [7, 11) is 1.65. The highest BCUT2D eigenvalue weighted by Gasteiger charge is 2.27. The molecule has 1 aliphatic heterocycles. The molecule has 0 fully saturated rings. The molecule has 116 valence electrons. The van der Waals surface area contributed by atoms with E-state index in [4.69, 9.17) is 4.74 Å². The van der Waals surface area contributed by atoms with Crippen LogP contribution in [0.25, 0.3) is 6.08 Å². The fourth-order valence-electron chi connectivity index (χ4n) is 1.85. The molecule has 1 aromatic rings. The Kier molecular flexibility index (Phi) is 5.38. The highest BCUT2D eigenvalue weighted by Crippen LogP contribution is 2.22. The van der Waals surface area contributed by atoms with E-state index in [1.165, 1.54) is 16.7 Å². The summed E-state index contributed by atoms with van der Waals surface area (Å²) in [6, 6.07) is 7.84. The van der Waals surface area contributed by atoms with Crippen molar-refractivity contribution in [2.24, 2.45) is 4.99 Å². The number of ether oxygens (including phenoxy) is 1. The lowest BCUT2D eigenvalue weighted by molar-refractivity contribution is -0.139. The third-order valence-electron chi connectivity index (χ3n) is 3.03. The first-order chi connectivity index (χ1) is 10.5. The van der Waals surface area contributed by atoms with Crippen molar-refractivity contribution in [3.8, 4) is 0 Å². The number of benzene rings is 1. The summed E-state index contributed by atoms with van der Waals surface area (Å²) in [6.45, 7) is 4.11. The maximum Gasteiger partial charge on any atom is 0.316 e. The van der Waals surface area contributed by atoms with E-state index in [1.54, 1.807) is 20.0 Å². The molecule has 0 saturated heterocycles. The zero-order valence-corrected chi connectivity index (χ0v) is 13.6. The summed E-state index contributed by atoms with van der Waals surface area (Å²) in [5.74, 6) is -0.346.